The predicted octanol–water partition coefficient (Wildman–Crippen LogP) is 2.99. The van der Waals surface area contributed by atoms with Crippen LogP contribution in [0.1, 0.15) is 51.4 Å². The number of hydrogen-bond donors (Lipinski definition) is 1. The summed E-state index contributed by atoms with van der Waals surface area (Å²) in [7, 11) is 0. The van der Waals surface area contributed by atoms with Crippen molar-refractivity contribution < 1.29 is 4.74 Å². The monoisotopic (exact) mass is 221 g/mol. The van der Waals surface area contributed by atoms with Gasteiger partial charge in [0.2, 0.25) is 0 Å². The zero-order valence-electron chi connectivity index (χ0n) is 10.1. The average Bonchev–Trinajstić information content (AvgIpc) is 3.17. The molecule has 2 aliphatic heterocycles. The number of hydrogen-bond acceptors (Lipinski definition) is 2. The molecule has 90 valence electrons. The van der Waals surface area contributed by atoms with Crippen LogP contribution in [0.4, 0.5) is 0 Å². The lowest BCUT2D eigenvalue weighted by atomic mass is 9.79. The van der Waals surface area contributed by atoms with E-state index in [0.717, 1.165) is 12.5 Å². The van der Waals surface area contributed by atoms with Crippen molar-refractivity contribution in [2.24, 2.45) is 5.92 Å². The van der Waals surface area contributed by atoms with E-state index in [-0.39, 0.29) is 0 Å². The van der Waals surface area contributed by atoms with E-state index in [1.54, 1.807) is 5.57 Å². The van der Waals surface area contributed by atoms with Crippen LogP contribution in [0.5, 0.6) is 0 Å². The van der Waals surface area contributed by atoms with Crippen LogP contribution in [0, 0.1) is 5.92 Å². The highest BCUT2D eigenvalue weighted by Crippen LogP contribution is 2.48. The first-order chi connectivity index (χ1) is 7.92. The molecule has 1 saturated heterocycles. The quantitative estimate of drug-likeness (QED) is 0.774. The van der Waals surface area contributed by atoms with Crippen LogP contribution in [-0.2, 0) is 4.74 Å². The first-order valence-electron chi connectivity index (χ1n) is 6.98. The van der Waals surface area contributed by atoms with E-state index in [0.29, 0.717) is 5.54 Å². The minimum absolute atomic E-state index is 0.330. The summed E-state index contributed by atoms with van der Waals surface area (Å²) < 4.78 is 5.58. The standard InChI is InChI=1S/C14H23NO/c1-2-8-14(12-6-7-12,15-9-3-1)13-5-4-10-16-11-13/h11-12,15H,1-10H2. The fourth-order valence-electron chi connectivity index (χ4n) is 3.46. The fraction of sp³-hybridized carbons (Fsp3) is 0.857. The Morgan fingerprint density at radius 2 is 2.12 bits per heavy atom. The van der Waals surface area contributed by atoms with Gasteiger partial charge in [0.1, 0.15) is 0 Å². The van der Waals surface area contributed by atoms with Crippen molar-refractivity contribution >= 4 is 0 Å². The van der Waals surface area contributed by atoms with Gasteiger partial charge in [-0.3, -0.25) is 0 Å². The molecule has 1 N–H and O–H groups in total. The van der Waals surface area contributed by atoms with Gasteiger partial charge in [-0.15, -0.1) is 0 Å². The first-order valence-corrected chi connectivity index (χ1v) is 6.98. The van der Waals surface area contributed by atoms with E-state index in [1.165, 1.54) is 57.9 Å². The average molecular weight is 221 g/mol. The molecule has 1 saturated carbocycles. The number of nitrogens with one attached hydrogen (secondary N) is 1. The highest BCUT2D eigenvalue weighted by Gasteiger charge is 2.47. The van der Waals surface area contributed by atoms with Gasteiger partial charge in [0.25, 0.3) is 0 Å². The number of ether oxygens (including phenoxy) is 1. The van der Waals surface area contributed by atoms with E-state index in [2.05, 4.69) is 11.6 Å². The van der Waals surface area contributed by atoms with Gasteiger partial charge in [-0.2, -0.15) is 0 Å². The highest BCUT2D eigenvalue weighted by atomic mass is 16.5. The third-order valence-electron chi connectivity index (χ3n) is 4.47. The molecular weight excluding hydrogens is 198 g/mol. The van der Waals surface area contributed by atoms with E-state index >= 15 is 0 Å². The molecule has 0 aromatic rings. The van der Waals surface area contributed by atoms with Crippen LogP contribution in [0.3, 0.4) is 0 Å². The molecule has 3 rings (SSSR count). The van der Waals surface area contributed by atoms with Crippen LogP contribution in [-0.4, -0.2) is 18.7 Å². The Kier molecular flexibility index (Phi) is 2.93. The Morgan fingerprint density at radius 1 is 1.19 bits per heavy atom. The lowest BCUT2D eigenvalue weighted by molar-refractivity contribution is 0.199. The van der Waals surface area contributed by atoms with Crippen molar-refractivity contribution in [2.45, 2.75) is 56.9 Å². The molecule has 2 fully saturated rings. The molecule has 0 amide bonds. The van der Waals surface area contributed by atoms with Crippen LogP contribution in [0.25, 0.3) is 0 Å². The Hall–Kier alpha value is -0.500. The highest BCUT2D eigenvalue weighted by molar-refractivity contribution is 5.25. The summed E-state index contributed by atoms with van der Waals surface area (Å²) in [4.78, 5) is 0. The Bertz CT molecular complexity index is 272. The van der Waals surface area contributed by atoms with Gasteiger partial charge in [0.15, 0.2) is 0 Å². The lowest BCUT2D eigenvalue weighted by Gasteiger charge is -2.38. The molecule has 2 nitrogen and oxygen atoms in total. The molecule has 16 heavy (non-hydrogen) atoms. The second-order valence-corrected chi connectivity index (χ2v) is 5.60. The molecule has 0 aromatic heterocycles. The normalized spacial score (nSPS) is 36.1. The molecule has 1 unspecified atom stereocenters. The Balaban J connectivity index is 1.84. The zero-order chi connectivity index (χ0) is 10.8. The molecule has 1 atom stereocenters. The molecule has 0 aromatic carbocycles. The second-order valence-electron chi connectivity index (χ2n) is 5.60. The van der Waals surface area contributed by atoms with Crippen molar-refractivity contribution in [1.82, 2.24) is 5.32 Å². The topological polar surface area (TPSA) is 21.3 Å². The Labute approximate surface area is 98.4 Å². The molecule has 2 heterocycles. The molecule has 0 radical (unpaired) electrons. The minimum Gasteiger partial charge on any atom is -0.501 e. The smallest absolute Gasteiger partial charge is 0.0876 e. The van der Waals surface area contributed by atoms with Gasteiger partial charge >= 0.3 is 0 Å². The summed E-state index contributed by atoms with van der Waals surface area (Å²) in [6, 6.07) is 0. The van der Waals surface area contributed by atoms with Crippen molar-refractivity contribution in [3.63, 3.8) is 0 Å². The van der Waals surface area contributed by atoms with E-state index in [9.17, 15) is 0 Å². The largest absolute Gasteiger partial charge is 0.501 e. The van der Waals surface area contributed by atoms with E-state index in [1.807, 2.05) is 0 Å². The SMILES string of the molecule is C1=C(C2(C3CC3)CCCCCN2)CCCO1. The van der Waals surface area contributed by atoms with E-state index < -0.39 is 0 Å². The number of rotatable bonds is 2. The van der Waals surface area contributed by atoms with E-state index in [4.69, 9.17) is 4.74 Å². The van der Waals surface area contributed by atoms with Crippen LogP contribution < -0.4 is 5.32 Å². The second kappa shape index (κ2) is 4.40. The van der Waals surface area contributed by atoms with Gasteiger partial charge in [0, 0.05) is 5.54 Å². The van der Waals surface area contributed by atoms with Gasteiger partial charge < -0.3 is 10.1 Å². The molecule has 0 bridgehead atoms. The van der Waals surface area contributed by atoms with Gasteiger partial charge in [-0.1, -0.05) is 12.8 Å². The molecule has 2 heteroatoms. The minimum atomic E-state index is 0.330. The fourth-order valence-corrected chi connectivity index (χ4v) is 3.46. The van der Waals surface area contributed by atoms with Crippen molar-refractivity contribution in [3.8, 4) is 0 Å². The maximum atomic E-state index is 5.58. The summed E-state index contributed by atoms with van der Waals surface area (Å²) in [6.45, 7) is 2.12. The third kappa shape index (κ3) is 1.88. The van der Waals surface area contributed by atoms with Crippen LogP contribution >= 0.6 is 0 Å². The summed E-state index contributed by atoms with van der Waals surface area (Å²) in [5.41, 5.74) is 1.90. The molecule has 0 spiro atoms. The third-order valence-corrected chi connectivity index (χ3v) is 4.47. The van der Waals surface area contributed by atoms with Gasteiger partial charge in [-0.25, -0.2) is 0 Å². The van der Waals surface area contributed by atoms with Crippen LogP contribution in [0.2, 0.25) is 0 Å². The maximum Gasteiger partial charge on any atom is 0.0876 e. The summed E-state index contributed by atoms with van der Waals surface area (Å²) in [5, 5.41) is 3.88. The molecular formula is C14H23NO. The van der Waals surface area contributed by atoms with Crippen molar-refractivity contribution in [1.29, 1.82) is 0 Å². The van der Waals surface area contributed by atoms with Gasteiger partial charge in [-0.05, 0) is 56.6 Å². The maximum absolute atomic E-state index is 5.58. The van der Waals surface area contributed by atoms with Crippen molar-refractivity contribution in [2.75, 3.05) is 13.2 Å². The summed E-state index contributed by atoms with van der Waals surface area (Å²) in [5.74, 6) is 0.901. The molecule has 1 aliphatic carbocycles. The summed E-state index contributed by atoms with van der Waals surface area (Å²) in [6.07, 6.45) is 12.9. The lowest BCUT2D eigenvalue weighted by Crippen LogP contribution is -2.49. The van der Waals surface area contributed by atoms with Crippen LogP contribution in [0.15, 0.2) is 11.8 Å². The van der Waals surface area contributed by atoms with Gasteiger partial charge in [0.05, 0.1) is 12.9 Å². The Morgan fingerprint density at radius 3 is 2.88 bits per heavy atom. The summed E-state index contributed by atoms with van der Waals surface area (Å²) >= 11 is 0. The zero-order valence-corrected chi connectivity index (χ0v) is 10.1. The predicted molar refractivity (Wildman–Crippen MR) is 65.2 cm³/mol. The van der Waals surface area contributed by atoms with Crippen molar-refractivity contribution in [3.05, 3.63) is 11.8 Å². The first kappa shape index (κ1) is 10.6. The molecule has 3 aliphatic rings.